The number of imidazole rings is 1. The highest BCUT2D eigenvalue weighted by molar-refractivity contribution is 5.95. The Morgan fingerprint density at radius 2 is 2.04 bits per heavy atom. The molecule has 0 aliphatic carbocycles. The third-order valence-electron chi connectivity index (χ3n) is 4.21. The SMILES string of the molecule is O=C1CC(c2cnc[nH]2)c2ccc(OCc3ccccc3)cc2N1. The highest BCUT2D eigenvalue weighted by atomic mass is 16.5. The number of rotatable bonds is 4. The summed E-state index contributed by atoms with van der Waals surface area (Å²) in [6.07, 6.45) is 3.82. The Morgan fingerprint density at radius 1 is 1.17 bits per heavy atom. The molecule has 1 aromatic heterocycles. The Kier molecular flexibility index (Phi) is 3.75. The molecule has 3 aromatic rings. The molecule has 0 radical (unpaired) electrons. The van der Waals surface area contributed by atoms with Gasteiger partial charge in [0.1, 0.15) is 12.4 Å². The van der Waals surface area contributed by atoms with Gasteiger partial charge in [-0.05, 0) is 17.2 Å². The Morgan fingerprint density at radius 3 is 2.83 bits per heavy atom. The summed E-state index contributed by atoms with van der Waals surface area (Å²) in [5.41, 5.74) is 3.93. The maximum absolute atomic E-state index is 12.0. The molecule has 1 unspecified atom stereocenters. The number of carbonyl (C=O) groups is 1. The van der Waals surface area contributed by atoms with Crippen molar-refractivity contribution in [2.45, 2.75) is 18.9 Å². The van der Waals surface area contributed by atoms with E-state index in [1.165, 1.54) is 0 Å². The van der Waals surface area contributed by atoms with Gasteiger partial charge in [0.15, 0.2) is 0 Å². The van der Waals surface area contributed by atoms with Crippen molar-refractivity contribution in [2.24, 2.45) is 0 Å². The van der Waals surface area contributed by atoms with Crippen LogP contribution in [0.3, 0.4) is 0 Å². The second kappa shape index (κ2) is 6.20. The molecule has 1 atom stereocenters. The van der Waals surface area contributed by atoms with Crippen LogP contribution in [-0.4, -0.2) is 15.9 Å². The standard InChI is InChI=1S/C19H17N3O2/c23-19-9-16(18-10-20-12-21-18)15-7-6-14(8-17(15)22-19)24-11-13-4-2-1-3-5-13/h1-8,10,12,16H,9,11H2,(H,20,21)(H,22,23). The number of aromatic amines is 1. The lowest BCUT2D eigenvalue weighted by Crippen LogP contribution is -2.23. The quantitative estimate of drug-likeness (QED) is 0.774. The van der Waals surface area contributed by atoms with Crippen LogP contribution in [0.25, 0.3) is 0 Å². The third-order valence-corrected chi connectivity index (χ3v) is 4.21. The summed E-state index contributed by atoms with van der Waals surface area (Å²) in [4.78, 5) is 19.2. The molecule has 5 heteroatoms. The average molecular weight is 319 g/mol. The van der Waals surface area contributed by atoms with Crippen molar-refractivity contribution >= 4 is 11.6 Å². The number of nitrogens with one attached hydrogen (secondary N) is 2. The van der Waals surface area contributed by atoms with E-state index < -0.39 is 0 Å². The lowest BCUT2D eigenvalue weighted by molar-refractivity contribution is -0.116. The van der Waals surface area contributed by atoms with Crippen LogP contribution in [0.1, 0.15) is 29.2 Å². The number of carbonyl (C=O) groups excluding carboxylic acids is 1. The summed E-state index contributed by atoms with van der Waals surface area (Å²) < 4.78 is 5.85. The van der Waals surface area contributed by atoms with Gasteiger partial charge in [0, 0.05) is 36.0 Å². The molecule has 2 heterocycles. The molecule has 1 aliphatic rings. The molecule has 0 spiro atoms. The Balaban J connectivity index is 1.58. The van der Waals surface area contributed by atoms with Crippen LogP contribution in [0.15, 0.2) is 61.1 Å². The second-order valence-electron chi connectivity index (χ2n) is 5.84. The number of hydrogen-bond donors (Lipinski definition) is 2. The highest BCUT2D eigenvalue weighted by Gasteiger charge is 2.27. The van der Waals surface area contributed by atoms with Crippen LogP contribution in [0, 0.1) is 0 Å². The summed E-state index contributed by atoms with van der Waals surface area (Å²) in [6, 6.07) is 15.8. The normalized spacial score (nSPS) is 16.3. The van der Waals surface area contributed by atoms with Gasteiger partial charge >= 0.3 is 0 Å². The first-order chi connectivity index (χ1) is 11.8. The van der Waals surface area contributed by atoms with Gasteiger partial charge in [-0.2, -0.15) is 0 Å². The van der Waals surface area contributed by atoms with Gasteiger partial charge in [0.25, 0.3) is 0 Å². The average Bonchev–Trinajstić information content (AvgIpc) is 3.14. The van der Waals surface area contributed by atoms with Crippen LogP contribution in [0.2, 0.25) is 0 Å². The maximum atomic E-state index is 12.0. The van der Waals surface area contributed by atoms with E-state index in [1.54, 1.807) is 12.5 Å². The van der Waals surface area contributed by atoms with E-state index in [4.69, 9.17) is 4.74 Å². The van der Waals surface area contributed by atoms with Crippen LogP contribution < -0.4 is 10.1 Å². The van der Waals surface area contributed by atoms with Crippen molar-refractivity contribution < 1.29 is 9.53 Å². The van der Waals surface area contributed by atoms with E-state index >= 15 is 0 Å². The Bertz CT molecular complexity index is 844. The molecule has 1 amide bonds. The first-order valence-corrected chi connectivity index (χ1v) is 7.88. The van der Waals surface area contributed by atoms with Gasteiger partial charge in [-0.3, -0.25) is 4.79 Å². The van der Waals surface area contributed by atoms with E-state index in [0.717, 1.165) is 28.3 Å². The van der Waals surface area contributed by atoms with Gasteiger partial charge in [-0.25, -0.2) is 4.98 Å². The van der Waals surface area contributed by atoms with Crippen molar-refractivity contribution in [1.29, 1.82) is 0 Å². The number of fused-ring (bicyclic) bond motifs is 1. The van der Waals surface area contributed by atoms with Crippen molar-refractivity contribution in [2.75, 3.05) is 5.32 Å². The monoisotopic (exact) mass is 319 g/mol. The third kappa shape index (κ3) is 2.88. The van der Waals surface area contributed by atoms with E-state index in [9.17, 15) is 4.79 Å². The fraction of sp³-hybridized carbons (Fsp3) is 0.158. The van der Waals surface area contributed by atoms with E-state index in [1.807, 2.05) is 48.5 Å². The molecule has 0 saturated heterocycles. The smallest absolute Gasteiger partial charge is 0.225 e. The van der Waals surface area contributed by atoms with Crippen LogP contribution in [0.5, 0.6) is 5.75 Å². The van der Waals surface area contributed by atoms with Gasteiger partial charge < -0.3 is 15.0 Å². The van der Waals surface area contributed by atoms with Gasteiger partial charge in [0.2, 0.25) is 5.91 Å². The largest absolute Gasteiger partial charge is 0.489 e. The molecule has 4 rings (SSSR count). The summed E-state index contributed by atoms with van der Waals surface area (Å²) in [5, 5.41) is 2.94. The predicted molar refractivity (Wildman–Crippen MR) is 90.9 cm³/mol. The second-order valence-corrected chi connectivity index (χ2v) is 5.84. The van der Waals surface area contributed by atoms with E-state index in [0.29, 0.717) is 13.0 Å². The topological polar surface area (TPSA) is 67.0 Å². The first-order valence-electron chi connectivity index (χ1n) is 7.88. The van der Waals surface area contributed by atoms with Crippen LogP contribution in [-0.2, 0) is 11.4 Å². The molecule has 2 N–H and O–H groups in total. The molecular formula is C19H17N3O2. The highest BCUT2D eigenvalue weighted by Crippen LogP contribution is 2.38. The molecule has 0 saturated carbocycles. The van der Waals surface area contributed by atoms with Crippen molar-refractivity contribution in [3.63, 3.8) is 0 Å². The summed E-state index contributed by atoms with van der Waals surface area (Å²) in [7, 11) is 0. The molecule has 0 fully saturated rings. The van der Waals surface area contributed by atoms with Crippen molar-refractivity contribution in [3.05, 3.63) is 77.9 Å². The number of ether oxygens (including phenoxy) is 1. The maximum Gasteiger partial charge on any atom is 0.225 e. The fourth-order valence-corrected chi connectivity index (χ4v) is 3.01. The van der Waals surface area contributed by atoms with E-state index in [-0.39, 0.29) is 11.8 Å². The summed E-state index contributed by atoms with van der Waals surface area (Å²) in [5.74, 6) is 0.741. The molecular weight excluding hydrogens is 302 g/mol. The van der Waals surface area contributed by atoms with Gasteiger partial charge in [-0.15, -0.1) is 0 Å². The lowest BCUT2D eigenvalue weighted by atomic mass is 9.88. The molecule has 5 nitrogen and oxygen atoms in total. The zero-order valence-electron chi connectivity index (χ0n) is 13.0. The number of H-pyrrole nitrogens is 1. The fourth-order valence-electron chi connectivity index (χ4n) is 3.01. The van der Waals surface area contributed by atoms with Gasteiger partial charge in [0.05, 0.1) is 6.33 Å². The molecule has 1 aliphatic heterocycles. The molecule has 24 heavy (non-hydrogen) atoms. The number of benzene rings is 2. The minimum Gasteiger partial charge on any atom is -0.489 e. The first kappa shape index (κ1) is 14.5. The molecule has 2 aromatic carbocycles. The van der Waals surface area contributed by atoms with Gasteiger partial charge in [-0.1, -0.05) is 36.4 Å². The van der Waals surface area contributed by atoms with E-state index in [2.05, 4.69) is 15.3 Å². The summed E-state index contributed by atoms with van der Waals surface area (Å²) in [6.45, 7) is 0.498. The number of nitrogens with zero attached hydrogens (tertiary/aromatic N) is 1. The number of aromatic nitrogens is 2. The lowest BCUT2D eigenvalue weighted by Gasteiger charge is -2.25. The summed E-state index contributed by atoms with van der Waals surface area (Å²) >= 11 is 0. The number of amides is 1. The Hall–Kier alpha value is -3.08. The zero-order valence-corrected chi connectivity index (χ0v) is 13.0. The molecule has 0 bridgehead atoms. The minimum atomic E-state index is -0.000534. The van der Waals surface area contributed by atoms with Crippen molar-refractivity contribution in [1.82, 2.24) is 9.97 Å². The minimum absolute atomic E-state index is 0.000534. The van der Waals surface area contributed by atoms with Crippen LogP contribution in [0.4, 0.5) is 5.69 Å². The number of hydrogen-bond acceptors (Lipinski definition) is 3. The predicted octanol–water partition coefficient (Wildman–Crippen LogP) is 3.46. The molecule has 120 valence electrons. The van der Waals surface area contributed by atoms with Crippen molar-refractivity contribution in [3.8, 4) is 5.75 Å². The zero-order chi connectivity index (χ0) is 16.4. The Labute approximate surface area is 139 Å². The number of anilines is 1. The van der Waals surface area contributed by atoms with Crippen LogP contribution >= 0.6 is 0 Å².